The summed E-state index contributed by atoms with van der Waals surface area (Å²) in [5.41, 5.74) is 1.06. The minimum absolute atomic E-state index is 0.599. The highest BCUT2D eigenvalue weighted by atomic mass is 16.4. The molecule has 14 heavy (non-hydrogen) atoms. The molecule has 1 rings (SSSR count). The molecule has 0 radical (unpaired) electrons. The Kier molecular flexibility index (Phi) is 5.65. The first-order chi connectivity index (χ1) is 6.88. The van der Waals surface area contributed by atoms with Crippen LogP contribution in [0.25, 0.3) is 0 Å². The molecule has 0 bridgehead atoms. The zero-order valence-corrected chi connectivity index (χ0v) is 9.34. The van der Waals surface area contributed by atoms with Crippen molar-refractivity contribution < 1.29 is 5.21 Å². The van der Waals surface area contributed by atoms with Gasteiger partial charge in [0, 0.05) is 5.92 Å². The van der Waals surface area contributed by atoms with E-state index in [1.54, 1.807) is 0 Å². The molecular weight excluding hydrogens is 174 g/mol. The Hall–Kier alpha value is -0.530. The summed E-state index contributed by atoms with van der Waals surface area (Å²) in [6.45, 7) is 2.24. The summed E-state index contributed by atoms with van der Waals surface area (Å²) >= 11 is 0. The minimum Gasteiger partial charge on any atom is -0.411 e. The maximum Gasteiger partial charge on any atom is 0.0601 e. The topological polar surface area (TPSA) is 32.6 Å². The van der Waals surface area contributed by atoms with E-state index in [4.69, 9.17) is 5.21 Å². The molecule has 2 nitrogen and oxygen atoms in total. The van der Waals surface area contributed by atoms with E-state index in [9.17, 15) is 0 Å². The van der Waals surface area contributed by atoms with Gasteiger partial charge in [-0.15, -0.1) is 0 Å². The fourth-order valence-corrected chi connectivity index (χ4v) is 2.34. The van der Waals surface area contributed by atoms with Gasteiger partial charge >= 0.3 is 0 Å². The molecule has 0 aromatic carbocycles. The number of rotatable bonds is 6. The predicted octanol–water partition coefficient (Wildman–Crippen LogP) is 3.98. The Morgan fingerprint density at radius 3 is 2.79 bits per heavy atom. The van der Waals surface area contributed by atoms with E-state index < -0.39 is 0 Å². The summed E-state index contributed by atoms with van der Waals surface area (Å²) in [7, 11) is 0. The van der Waals surface area contributed by atoms with Crippen molar-refractivity contribution in [3.63, 3.8) is 0 Å². The monoisotopic (exact) mass is 197 g/mol. The Bertz CT molecular complexity index is 177. The lowest BCUT2D eigenvalue weighted by Crippen LogP contribution is -2.06. The first-order valence-electron chi connectivity index (χ1n) is 6.09. The van der Waals surface area contributed by atoms with Crippen molar-refractivity contribution in [2.24, 2.45) is 11.1 Å². The van der Waals surface area contributed by atoms with Gasteiger partial charge in [-0.3, -0.25) is 0 Å². The van der Waals surface area contributed by atoms with Crippen LogP contribution in [0.3, 0.4) is 0 Å². The van der Waals surface area contributed by atoms with Crippen molar-refractivity contribution in [1.29, 1.82) is 0 Å². The molecule has 0 saturated heterocycles. The molecule has 82 valence electrons. The Labute approximate surface area is 87.4 Å². The van der Waals surface area contributed by atoms with E-state index in [0.29, 0.717) is 5.92 Å². The highest BCUT2D eigenvalue weighted by Gasteiger charge is 2.22. The van der Waals surface area contributed by atoms with Gasteiger partial charge in [0.1, 0.15) is 0 Å². The Morgan fingerprint density at radius 2 is 2.07 bits per heavy atom. The normalized spacial score (nSPS) is 24.6. The van der Waals surface area contributed by atoms with Crippen LogP contribution in [0.1, 0.15) is 64.7 Å². The third-order valence-corrected chi connectivity index (χ3v) is 3.24. The Morgan fingerprint density at radius 1 is 1.29 bits per heavy atom. The second-order valence-corrected chi connectivity index (χ2v) is 4.38. The van der Waals surface area contributed by atoms with Crippen molar-refractivity contribution in [2.45, 2.75) is 64.7 Å². The average Bonchev–Trinajstić information content (AvgIpc) is 2.65. The van der Waals surface area contributed by atoms with E-state index >= 15 is 0 Å². The van der Waals surface area contributed by atoms with Crippen LogP contribution in [0.2, 0.25) is 0 Å². The molecule has 1 saturated carbocycles. The number of unbranched alkanes of at least 4 members (excludes halogenated alkanes) is 4. The summed E-state index contributed by atoms with van der Waals surface area (Å²) in [5.74, 6) is 0.599. The molecule has 2 heteroatoms. The van der Waals surface area contributed by atoms with Crippen LogP contribution in [0.15, 0.2) is 5.16 Å². The van der Waals surface area contributed by atoms with Gasteiger partial charge in [0.05, 0.1) is 5.71 Å². The highest BCUT2D eigenvalue weighted by Crippen LogP contribution is 2.27. The number of hydrogen-bond donors (Lipinski definition) is 1. The summed E-state index contributed by atoms with van der Waals surface area (Å²) in [4.78, 5) is 0. The van der Waals surface area contributed by atoms with Gasteiger partial charge in [-0.05, 0) is 25.7 Å². The van der Waals surface area contributed by atoms with Crippen molar-refractivity contribution >= 4 is 5.71 Å². The number of nitrogens with zero attached hydrogens (tertiary/aromatic N) is 1. The van der Waals surface area contributed by atoms with E-state index in [1.807, 2.05) is 0 Å². The van der Waals surface area contributed by atoms with Crippen molar-refractivity contribution in [1.82, 2.24) is 0 Å². The fraction of sp³-hybridized carbons (Fsp3) is 0.917. The first kappa shape index (κ1) is 11.5. The van der Waals surface area contributed by atoms with Crippen LogP contribution < -0.4 is 0 Å². The van der Waals surface area contributed by atoms with Crippen molar-refractivity contribution in [3.8, 4) is 0 Å². The molecule has 0 heterocycles. The SMILES string of the molecule is CCCCCCC[C@@H]1CCCC1=NO. The molecule has 1 aliphatic carbocycles. The zero-order valence-electron chi connectivity index (χ0n) is 9.34. The van der Waals surface area contributed by atoms with Crippen LogP contribution in [-0.2, 0) is 0 Å². The predicted molar refractivity (Wildman–Crippen MR) is 59.9 cm³/mol. The quantitative estimate of drug-likeness (QED) is 0.390. The van der Waals surface area contributed by atoms with Crippen LogP contribution in [0, 0.1) is 5.92 Å². The van der Waals surface area contributed by atoms with Crippen LogP contribution in [0.4, 0.5) is 0 Å². The maximum atomic E-state index is 8.77. The van der Waals surface area contributed by atoms with Gasteiger partial charge in [-0.25, -0.2) is 0 Å². The molecule has 0 aromatic rings. The lowest BCUT2D eigenvalue weighted by molar-refractivity contribution is 0.314. The average molecular weight is 197 g/mol. The lowest BCUT2D eigenvalue weighted by atomic mass is 9.98. The fourth-order valence-electron chi connectivity index (χ4n) is 2.34. The molecule has 0 aromatic heterocycles. The van der Waals surface area contributed by atoms with Crippen LogP contribution in [0.5, 0.6) is 0 Å². The van der Waals surface area contributed by atoms with Crippen molar-refractivity contribution in [3.05, 3.63) is 0 Å². The number of hydrogen-bond acceptors (Lipinski definition) is 2. The molecule has 1 aliphatic rings. The standard InChI is InChI=1S/C12H23NO/c1-2-3-4-5-6-8-11-9-7-10-12(11)13-14/h11,14H,2-10H2,1H3/t11-/m1/s1. The molecule has 1 N–H and O–H groups in total. The second-order valence-electron chi connectivity index (χ2n) is 4.38. The third kappa shape index (κ3) is 3.69. The molecule has 0 unspecified atom stereocenters. The maximum absolute atomic E-state index is 8.77. The van der Waals surface area contributed by atoms with E-state index in [0.717, 1.165) is 12.1 Å². The molecule has 1 fully saturated rings. The number of oxime groups is 1. The highest BCUT2D eigenvalue weighted by molar-refractivity contribution is 5.87. The van der Waals surface area contributed by atoms with Gasteiger partial charge < -0.3 is 5.21 Å². The Balaban J connectivity index is 2.06. The van der Waals surface area contributed by atoms with Gasteiger partial charge in [-0.1, -0.05) is 44.2 Å². The van der Waals surface area contributed by atoms with Crippen LogP contribution >= 0.6 is 0 Å². The van der Waals surface area contributed by atoms with Gasteiger partial charge in [-0.2, -0.15) is 0 Å². The molecule has 0 aliphatic heterocycles. The summed E-state index contributed by atoms with van der Waals surface area (Å²) in [5, 5.41) is 12.2. The van der Waals surface area contributed by atoms with Gasteiger partial charge in [0.2, 0.25) is 0 Å². The van der Waals surface area contributed by atoms with Crippen molar-refractivity contribution in [2.75, 3.05) is 0 Å². The zero-order chi connectivity index (χ0) is 10.2. The largest absolute Gasteiger partial charge is 0.411 e. The lowest BCUT2D eigenvalue weighted by Gasteiger charge is -2.08. The van der Waals surface area contributed by atoms with E-state index in [-0.39, 0.29) is 0 Å². The third-order valence-electron chi connectivity index (χ3n) is 3.24. The van der Waals surface area contributed by atoms with E-state index in [1.165, 1.54) is 51.4 Å². The second kappa shape index (κ2) is 6.86. The smallest absolute Gasteiger partial charge is 0.0601 e. The molecule has 0 spiro atoms. The van der Waals surface area contributed by atoms with E-state index in [2.05, 4.69) is 12.1 Å². The first-order valence-corrected chi connectivity index (χ1v) is 6.09. The van der Waals surface area contributed by atoms with Gasteiger partial charge in [0.15, 0.2) is 0 Å². The summed E-state index contributed by atoms with van der Waals surface area (Å²) in [6.07, 6.45) is 11.4. The summed E-state index contributed by atoms with van der Waals surface area (Å²) in [6, 6.07) is 0. The minimum atomic E-state index is 0.599. The van der Waals surface area contributed by atoms with Gasteiger partial charge in [0.25, 0.3) is 0 Å². The summed E-state index contributed by atoms with van der Waals surface area (Å²) < 4.78 is 0. The molecular formula is C12H23NO. The molecule has 1 atom stereocenters. The van der Waals surface area contributed by atoms with Crippen LogP contribution in [-0.4, -0.2) is 10.9 Å². The molecule has 0 amide bonds.